The fraction of sp³-hybridized carbons (Fsp3) is 0.0435. The maximum absolute atomic E-state index is 13.8. The number of carbonyl (C=O) groups is 2. The molecule has 0 aliphatic heterocycles. The zero-order chi connectivity index (χ0) is 20.8. The molecule has 0 saturated heterocycles. The third-order valence-corrected chi connectivity index (χ3v) is 4.76. The molecule has 0 radical (unpaired) electrons. The van der Waals surface area contributed by atoms with Crippen molar-refractivity contribution >= 4 is 33.8 Å². The van der Waals surface area contributed by atoms with Gasteiger partial charge < -0.3 is 9.47 Å². The molecule has 4 nitrogen and oxygen atoms in total. The first-order chi connectivity index (χ1) is 14.0. The van der Waals surface area contributed by atoms with Gasteiger partial charge in [0.05, 0.1) is 18.2 Å². The molecule has 146 valence electrons. The normalized spacial score (nSPS) is 10.7. The lowest BCUT2D eigenvalue weighted by molar-refractivity contribution is 0.0732. The van der Waals surface area contributed by atoms with Crippen LogP contribution in [0.5, 0.6) is 11.5 Å². The first-order valence-corrected chi connectivity index (χ1v) is 9.40. The van der Waals surface area contributed by atoms with E-state index in [1.807, 2.05) is 0 Å². The number of methoxy groups -OCH3 is 1. The lowest BCUT2D eigenvalue weighted by Crippen LogP contribution is -2.12. The largest absolute Gasteiger partial charge is 0.497 e. The van der Waals surface area contributed by atoms with Gasteiger partial charge in [-0.1, -0.05) is 30.3 Å². The molecule has 0 unspecified atom stereocenters. The maximum Gasteiger partial charge on any atom is 0.344 e. The number of halogens is 2. The van der Waals surface area contributed by atoms with Crippen LogP contribution in [0.1, 0.15) is 26.3 Å². The molecule has 3 rings (SSSR count). The number of hydrogen-bond donors (Lipinski definition) is 0. The number of ether oxygens (including phenoxy) is 2. The van der Waals surface area contributed by atoms with E-state index >= 15 is 0 Å². The molecule has 0 atom stereocenters. The fourth-order valence-electron chi connectivity index (χ4n) is 2.56. The minimum absolute atomic E-state index is 0.0493. The van der Waals surface area contributed by atoms with Crippen LogP contribution >= 0.6 is 15.9 Å². The summed E-state index contributed by atoms with van der Waals surface area (Å²) in [5.74, 6) is -1.03. The summed E-state index contributed by atoms with van der Waals surface area (Å²) in [5.41, 5.74) is 0.746. The van der Waals surface area contributed by atoms with Crippen LogP contribution in [0.3, 0.4) is 0 Å². The molecule has 0 aliphatic rings. The van der Waals surface area contributed by atoms with Crippen molar-refractivity contribution in [3.8, 4) is 11.5 Å². The predicted molar refractivity (Wildman–Crippen MR) is 112 cm³/mol. The second-order valence-corrected chi connectivity index (χ2v) is 6.80. The van der Waals surface area contributed by atoms with Crippen LogP contribution in [0.4, 0.5) is 4.39 Å². The van der Waals surface area contributed by atoms with E-state index in [-0.39, 0.29) is 16.9 Å². The molecule has 0 aromatic heterocycles. The molecular weight excluding hydrogens is 439 g/mol. The van der Waals surface area contributed by atoms with Crippen LogP contribution in [-0.4, -0.2) is 18.9 Å². The Hall–Kier alpha value is -3.25. The highest BCUT2D eigenvalue weighted by molar-refractivity contribution is 9.10. The predicted octanol–water partition coefficient (Wildman–Crippen LogP) is 5.71. The van der Waals surface area contributed by atoms with Crippen LogP contribution in [0.15, 0.2) is 77.3 Å². The van der Waals surface area contributed by atoms with Crippen molar-refractivity contribution in [3.05, 3.63) is 99.8 Å². The minimum atomic E-state index is -0.627. The van der Waals surface area contributed by atoms with E-state index in [1.54, 1.807) is 48.5 Å². The van der Waals surface area contributed by atoms with E-state index in [4.69, 9.17) is 9.47 Å². The number of esters is 1. The van der Waals surface area contributed by atoms with Gasteiger partial charge in [-0.2, -0.15) is 0 Å². The average Bonchev–Trinajstić information content (AvgIpc) is 2.73. The molecule has 0 saturated carbocycles. The molecular formula is C23H16BrFO4. The Morgan fingerprint density at radius 1 is 0.966 bits per heavy atom. The lowest BCUT2D eigenvalue weighted by atomic mass is 10.1. The van der Waals surface area contributed by atoms with Crippen LogP contribution in [0.25, 0.3) is 6.08 Å². The van der Waals surface area contributed by atoms with E-state index in [1.165, 1.54) is 37.5 Å². The summed E-state index contributed by atoms with van der Waals surface area (Å²) >= 11 is 3.30. The zero-order valence-corrected chi connectivity index (χ0v) is 17.0. The fourth-order valence-corrected chi connectivity index (χ4v) is 3.01. The SMILES string of the molecule is COc1ccc(C(=O)/C=C/c2ccccc2F)c(OC(=O)c2ccccc2Br)c1. The Kier molecular flexibility index (Phi) is 6.57. The second-order valence-electron chi connectivity index (χ2n) is 5.95. The molecule has 0 amide bonds. The van der Waals surface area contributed by atoms with Crippen molar-refractivity contribution in [2.75, 3.05) is 7.11 Å². The Morgan fingerprint density at radius 2 is 1.69 bits per heavy atom. The summed E-state index contributed by atoms with van der Waals surface area (Å²) in [6.07, 6.45) is 2.61. The smallest absolute Gasteiger partial charge is 0.344 e. The van der Waals surface area contributed by atoms with Gasteiger partial charge in [0.2, 0.25) is 0 Å². The monoisotopic (exact) mass is 454 g/mol. The van der Waals surface area contributed by atoms with Gasteiger partial charge in [0.1, 0.15) is 17.3 Å². The third-order valence-electron chi connectivity index (χ3n) is 4.07. The molecule has 29 heavy (non-hydrogen) atoms. The molecule has 3 aromatic rings. The summed E-state index contributed by atoms with van der Waals surface area (Å²) in [6.45, 7) is 0. The van der Waals surface area contributed by atoms with Gasteiger partial charge in [-0.15, -0.1) is 0 Å². The van der Waals surface area contributed by atoms with Crippen molar-refractivity contribution in [2.45, 2.75) is 0 Å². The molecule has 3 aromatic carbocycles. The van der Waals surface area contributed by atoms with Gasteiger partial charge in [0.15, 0.2) is 5.78 Å². The maximum atomic E-state index is 13.8. The highest BCUT2D eigenvalue weighted by atomic mass is 79.9. The number of carbonyl (C=O) groups excluding carboxylic acids is 2. The first kappa shape index (κ1) is 20.5. The summed E-state index contributed by atoms with van der Waals surface area (Å²) in [5, 5.41) is 0. The lowest BCUT2D eigenvalue weighted by Gasteiger charge is -2.11. The Balaban J connectivity index is 1.91. The van der Waals surface area contributed by atoms with Gasteiger partial charge in [-0.3, -0.25) is 4.79 Å². The average molecular weight is 455 g/mol. The number of allylic oxidation sites excluding steroid dienone is 1. The molecule has 0 fully saturated rings. The minimum Gasteiger partial charge on any atom is -0.497 e. The van der Waals surface area contributed by atoms with E-state index < -0.39 is 17.6 Å². The van der Waals surface area contributed by atoms with Crippen LogP contribution in [-0.2, 0) is 0 Å². The van der Waals surface area contributed by atoms with Crippen molar-refractivity contribution in [1.82, 2.24) is 0 Å². The topological polar surface area (TPSA) is 52.6 Å². The second kappa shape index (κ2) is 9.30. The van der Waals surface area contributed by atoms with Gasteiger partial charge >= 0.3 is 5.97 Å². The van der Waals surface area contributed by atoms with Gasteiger partial charge in [-0.05, 0) is 58.4 Å². The quantitative estimate of drug-likeness (QED) is 0.207. The Labute approximate surface area is 175 Å². The molecule has 0 N–H and O–H groups in total. The molecule has 0 aliphatic carbocycles. The van der Waals surface area contributed by atoms with E-state index in [0.717, 1.165) is 0 Å². The third kappa shape index (κ3) is 4.97. The van der Waals surface area contributed by atoms with Crippen molar-refractivity contribution in [2.24, 2.45) is 0 Å². The standard InChI is InChI=1S/C23H16BrFO4/c1-28-16-11-12-18(21(26)13-10-15-6-2-5-9-20(15)25)22(14-16)29-23(27)17-7-3-4-8-19(17)24/h2-14H,1H3/b13-10+. The first-order valence-electron chi connectivity index (χ1n) is 8.61. The van der Waals surface area contributed by atoms with E-state index in [2.05, 4.69) is 15.9 Å². The summed E-state index contributed by atoms with van der Waals surface area (Å²) < 4.78 is 25.0. The highest BCUT2D eigenvalue weighted by Gasteiger charge is 2.18. The van der Waals surface area contributed by atoms with Crippen LogP contribution in [0.2, 0.25) is 0 Å². The summed E-state index contributed by atoms with van der Waals surface area (Å²) in [7, 11) is 1.47. The Morgan fingerprint density at radius 3 is 2.41 bits per heavy atom. The number of hydrogen-bond acceptors (Lipinski definition) is 4. The number of ketones is 1. The van der Waals surface area contributed by atoms with Gasteiger partial charge in [0.25, 0.3) is 0 Å². The number of benzene rings is 3. The molecule has 6 heteroatoms. The molecule has 0 spiro atoms. The summed E-state index contributed by atoms with van der Waals surface area (Å²) in [6, 6.07) is 17.4. The molecule has 0 bridgehead atoms. The highest BCUT2D eigenvalue weighted by Crippen LogP contribution is 2.28. The van der Waals surface area contributed by atoms with Crippen molar-refractivity contribution in [3.63, 3.8) is 0 Å². The number of rotatable bonds is 6. The zero-order valence-electron chi connectivity index (χ0n) is 15.4. The summed E-state index contributed by atoms with van der Waals surface area (Å²) in [4.78, 5) is 25.2. The van der Waals surface area contributed by atoms with Gasteiger partial charge in [0, 0.05) is 16.1 Å². The Bertz CT molecular complexity index is 1090. The van der Waals surface area contributed by atoms with Crippen LogP contribution in [0, 0.1) is 5.82 Å². The van der Waals surface area contributed by atoms with Crippen molar-refractivity contribution < 1.29 is 23.5 Å². The van der Waals surface area contributed by atoms with E-state index in [0.29, 0.717) is 15.8 Å². The van der Waals surface area contributed by atoms with Gasteiger partial charge in [-0.25, -0.2) is 9.18 Å². The van der Waals surface area contributed by atoms with Crippen molar-refractivity contribution in [1.29, 1.82) is 0 Å². The molecule has 0 heterocycles. The van der Waals surface area contributed by atoms with E-state index in [9.17, 15) is 14.0 Å². The van der Waals surface area contributed by atoms with Crippen LogP contribution < -0.4 is 9.47 Å².